The zero-order chi connectivity index (χ0) is 24.2. The third-order valence-electron chi connectivity index (χ3n) is 5.65. The summed E-state index contributed by atoms with van der Waals surface area (Å²) in [5, 5.41) is 5.62. The molecule has 0 rings (SSSR count). The second-order valence-corrected chi connectivity index (χ2v) is 9.65. The zero-order valence-electron chi connectivity index (χ0n) is 19.8. The molecule has 0 aliphatic rings. The van der Waals surface area contributed by atoms with Crippen molar-refractivity contribution in [3.05, 3.63) is 0 Å². The average molecular weight is 442 g/mol. The van der Waals surface area contributed by atoms with Gasteiger partial charge in [-0.2, -0.15) is 0 Å². The second kappa shape index (κ2) is 14.0. The minimum Gasteiger partial charge on any atom is -0.369 e. The first-order valence-corrected chi connectivity index (χ1v) is 11.1. The van der Waals surface area contributed by atoms with Crippen molar-refractivity contribution in [1.29, 1.82) is 0 Å². The Bertz CT molecular complexity index is 601. The highest BCUT2D eigenvalue weighted by molar-refractivity contribution is 5.83. The van der Waals surface area contributed by atoms with Gasteiger partial charge in [-0.1, -0.05) is 34.6 Å². The fraction of sp³-hybridized carbons (Fsp3) is 0.818. The molecule has 0 fully saturated rings. The van der Waals surface area contributed by atoms with Crippen LogP contribution >= 0.6 is 0 Å². The lowest BCUT2D eigenvalue weighted by atomic mass is 9.72. The molecule has 3 unspecified atom stereocenters. The van der Waals surface area contributed by atoms with E-state index in [1.54, 1.807) is 0 Å². The van der Waals surface area contributed by atoms with Gasteiger partial charge in [-0.05, 0) is 43.4 Å². The van der Waals surface area contributed by atoms with Gasteiger partial charge in [0.1, 0.15) is 0 Å². The van der Waals surface area contributed by atoms with Gasteiger partial charge < -0.3 is 27.8 Å². The Balaban J connectivity index is 4.99. The van der Waals surface area contributed by atoms with Gasteiger partial charge in [0.2, 0.25) is 23.6 Å². The number of primary amides is 2. The highest BCUT2D eigenvalue weighted by Crippen LogP contribution is 2.34. The van der Waals surface area contributed by atoms with Gasteiger partial charge in [0, 0.05) is 30.8 Å². The van der Waals surface area contributed by atoms with E-state index in [0.717, 1.165) is 19.3 Å². The summed E-state index contributed by atoms with van der Waals surface area (Å²) in [5.41, 5.74) is 16.0. The summed E-state index contributed by atoms with van der Waals surface area (Å²) in [6.07, 6.45) is 2.92. The van der Waals surface area contributed by atoms with Crippen molar-refractivity contribution in [2.24, 2.45) is 46.3 Å². The highest BCUT2D eigenvalue weighted by atomic mass is 16.2. The Labute approximate surface area is 186 Å². The summed E-state index contributed by atoms with van der Waals surface area (Å²) in [6.45, 7) is 10.5. The monoisotopic (exact) mass is 441 g/mol. The van der Waals surface area contributed by atoms with Gasteiger partial charge in [-0.3, -0.25) is 19.2 Å². The third-order valence-corrected chi connectivity index (χ3v) is 5.65. The first-order valence-electron chi connectivity index (χ1n) is 11.1. The lowest BCUT2D eigenvalue weighted by Crippen LogP contribution is -2.41. The number of hydrogen-bond acceptors (Lipinski definition) is 5. The molecule has 0 heterocycles. The summed E-state index contributed by atoms with van der Waals surface area (Å²) in [7, 11) is 0. The van der Waals surface area contributed by atoms with Crippen LogP contribution in [-0.4, -0.2) is 43.3 Å². The maximum absolute atomic E-state index is 12.9. The van der Waals surface area contributed by atoms with E-state index in [1.807, 2.05) is 34.6 Å². The largest absolute Gasteiger partial charge is 0.369 e. The predicted molar refractivity (Wildman–Crippen MR) is 121 cm³/mol. The fourth-order valence-electron chi connectivity index (χ4n) is 3.60. The molecule has 0 aromatic heterocycles. The number of hydrogen-bond donors (Lipinski definition) is 5. The van der Waals surface area contributed by atoms with Gasteiger partial charge >= 0.3 is 0 Å². The molecule has 0 bridgehead atoms. The van der Waals surface area contributed by atoms with E-state index < -0.39 is 35.0 Å². The number of amides is 4. The van der Waals surface area contributed by atoms with E-state index in [0.29, 0.717) is 13.1 Å². The third kappa shape index (κ3) is 11.7. The minimum atomic E-state index is -0.541. The molecule has 9 nitrogen and oxygen atoms in total. The fourth-order valence-corrected chi connectivity index (χ4v) is 3.60. The molecular weight excluding hydrogens is 398 g/mol. The number of carbonyl (C=O) groups excluding carboxylic acids is 4. The van der Waals surface area contributed by atoms with Gasteiger partial charge in [-0.25, -0.2) is 0 Å². The van der Waals surface area contributed by atoms with Gasteiger partial charge in [0.15, 0.2) is 0 Å². The molecule has 9 heteroatoms. The molecule has 0 aromatic rings. The summed E-state index contributed by atoms with van der Waals surface area (Å²) in [5.74, 6) is -2.81. The average Bonchev–Trinajstić information content (AvgIpc) is 2.64. The molecule has 0 aliphatic heterocycles. The number of nitrogens with two attached hydrogens (primary N) is 3. The van der Waals surface area contributed by atoms with Crippen LogP contribution in [0.2, 0.25) is 0 Å². The molecule has 0 aromatic carbocycles. The molecule has 180 valence electrons. The highest BCUT2D eigenvalue weighted by Gasteiger charge is 2.36. The summed E-state index contributed by atoms with van der Waals surface area (Å²) in [6, 6.07) is 0. The van der Waals surface area contributed by atoms with Crippen molar-refractivity contribution in [2.45, 2.75) is 66.7 Å². The molecule has 31 heavy (non-hydrogen) atoms. The van der Waals surface area contributed by atoms with Crippen LogP contribution in [0.1, 0.15) is 66.7 Å². The molecule has 0 spiro atoms. The van der Waals surface area contributed by atoms with Crippen LogP contribution in [0, 0.1) is 29.1 Å². The Morgan fingerprint density at radius 1 is 0.839 bits per heavy atom. The van der Waals surface area contributed by atoms with Crippen LogP contribution in [0.4, 0.5) is 0 Å². The topological polar surface area (TPSA) is 170 Å². The van der Waals surface area contributed by atoms with Crippen LogP contribution in [0.3, 0.4) is 0 Å². The van der Waals surface area contributed by atoms with Crippen LogP contribution in [0.15, 0.2) is 0 Å². The molecule has 0 saturated carbocycles. The van der Waals surface area contributed by atoms with E-state index in [2.05, 4.69) is 10.6 Å². The lowest BCUT2D eigenvalue weighted by molar-refractivity contribution is -0.130. The van der Waals surface area contributed by atoms with Crippen LogP contribution in [0.5, 0.6) is 0 Å². The van der Waals surface area contributed by atoms with Crippen LogP contribution in [0.25, 0.3) is 0 Å². The normalized spacial score (nSPS) is 14.5. The summed E-state index contributed by atoms with van der Waals surface area (Å²) in [4.78, 5) is 48.0. The van der Waals surface area contributed by atoms with Crippen LogP contribution in [-0.2, 0) is 19.2 Å². The quantitative estimate of drug-likeness (QED) is 0.234. The number of unbranched alkanes of at least 4 members (excludes halogenated alkanes) is 2. The van der Waals surface area contributed by atoms with E-state index in [-0.39, 0.29) is 37.1 Å². The molecule has 0 radical (unpaired) electrons. The SMILES string of the molecule is CC(C)C(CC(CC(C(N)=O)C(C)(C)C)C(=O)NCCCCCNC(=O)CN)C(N)=O. The minimum absolute atomic E-state index is 0.0156. The van der Waals surface area contributed by atoms with Crippen LogP contribution < -0.4 is 27.8 Å². The molecule has 8 N–H and O–H groups in total. The molecule has 4 amide bonds. The number of carbonyl (C=O) groups is 4. The van der Waals surface area contributed by atoms with Crippen molar-refractivity contribution in [3.8, 4) is 0 Å². The smallest absolute Gasteiger partial charge is 0.233 e. The number of nitrogens with one attached hydrogen (secondary N) is 2. The number of rotatable bonds is 15. The zero-order valence-corrected chi connectivity index (χ0v) is 19.8. The standard InChI is InChI=1S/C22H43N5O4/c1-14(2)16(19(24)29)11-15(12-17(20(25)30)22(3,4)5)21(31)27-10-8-6-7-9-26-18(28)13-23/h14-17H,6-13,23H2,1-5H3,(H2,24,29)(H2,25,30)(H,26,28)(H,27,31). The molecule has 3 atom stereocenters. The lowest BCUT2D eigenvalue weighted by Gasteiger charge is -2.32. The van der Waals surface area contributed by atoms with Crippen molar-refractivity contribution in [2.75, 3.05) is 19.6 Å². The molecule has 0 saturated heterocycles. The summed E-state index contributed by atoms with van der Waals surface area (Å²) >= 11 is 0. The Morgan fingerprint density at radius 2 is 1.39 bits per heavy atom. The van der Waals surface area contributed by atoms with Crippen molar-refractivity contribution >= 4 is 23.6 Å². The van der Waals surface area contributed by atoms with E-state index in [1.165, 1.54) is 0 Å². The van der Waals surface area contributed by atoms with E-state index in [4.69, 9.17) is 17.2 Å². The maximum Gasteiger partial charge on any atom is 0.233 e. The van der Waals surface area contributed by atoms with Crippen molar-refractivity contribution < 1.29 is 19.2 Å². The first-order chi connectivity index (χ1) is 14.3. The van der Waals surface area contributed by atoms with Gasteiger partial charge in [0.25, 0.3) is 0 Å². The Hall–Kier alpha value is -2.16. The first kappa shape index (κ1) is 28.8. The molecular formula is C22H43N5O4. The summed E-state index contributed by atoms with van der Waals surface area (Å²) < 4.78 is 0. The second-order valence-electron chi connectivity index (χ2n) is 9.65. The Morgan fingerprint density at radius 3 is 1.81 bits per heavy atom. The van der Waals surface area contributed by atoms with Crippen molar-refractivity contribution in [1.82, 2.24) is 10.6 Å². The van der Waals surface area contributed by atoms with Gasteiger partial charge in [-0.15, -0.1) is 0 Å². The molecule has 0 aliphatic carbocycles. The van der Waals surface area contributed by atoms with Gasteiger partial charge in [0.05, 0.1) is 6.54 Å². The van der Waals surface area contributed by atoms with E-state index in [9.17, 15) is 19.2 Å². The van der Waals surface area contributed by atoms with Crippen molar-refractivity contribution in [3.63, 3.8) is 0 Å². The maximum atomic E-state index is 12.9. The Kier molecular flexibility index (Phi) is 13.0. The predicted octanol–water partition coefficient (Wildman–Crippen LogP) is 0.649. The van der Waals surface area contributed by atoms with E-state index >= 15 is 0 Å².